The van der Waals surface area contributed by atoms with Crippen LogP contribution in [-0.4, -0.2) is 18.1 Å². The lowest BCUT2D eigenvalue weighted by Crippen LogP contribution is -2.33. The monoisotopic (exact) mass is 215 g/mol. The largest absolute Gasteiger partial charge is 0.460 e. The van der Waals surface area contributed by atoms with Crippen molar-refractivity contribution in [1.82, 2.24) is 0 Å². The van der Waals surface area contributed by atoms with E-state index in [0.29, 0.717) is 13.0 Å². The van der Waals surface area contributed by atoms with Crippen molar-refractivity contribution in [3.8, 4) is 0 Å². The van der Waals surface area contributed by atoms with Crippen LogP contribution in [-0.2, 0) is 9.53 Å². The summed E-state index contributed by atoms with van der Waals surface area (Å²) in [6, 6.07) is 0. The standard InChI is InChI=1S/C12H25NO2/c1-6-7-12(5,9-13)8-10(14)15-11(2,3)4/h6-9,13H2,1-5H3. The zero-order valence-corrected chi connectivity index (χ0v) is 10.7. The molecular weight excluding hydrogens is 190 g/mol. The Kier molecular flexibility index (Phi) is 5.29. The fourth-order valence-electron chi connectivity index (χ4n) is 1.59. The third-order valence-corrected chi connectivity index (χ3v) is 2.34. The Morgan fingerprint density at radius 2 is 1.80 bits per heavy atom. The highest BCUT2D eigenvalue weighted by atomic mass is 16.6. The molecule has 0 radical (unpaired) electrons. The fourth-order valence-corrected chi connectivity index (χ4v) is 1.59. The Balaban J connectivity index is 4.24. The quantitative estimate of drug-likeness (QED) is 0.717. The maximum Gasteiger partial charge on any atom is 0.306 e. The van der Waals surface area contributed by atoms with Crippen LogP contribution >= 0.6 is 0 Å². The molecule has 0 aliphatic rings. The molecule has 0 aromatic heterocycles. The van der Waals surface area contributed by atoms with Gasteiger partial charge in [-0.3, -0.25) is 4.79 Å². The molecular formula is C12H25NO2. The van der Waals surface area contributed by atoms with Crippen molar-refractivity contribution in [1.29, 1.82) is 0 Å². The topological polar surface area (TPSA) is 52.3 Å². The van der Waals surface area contributed by atoms with E-state index in [1.165, 1.54) is 0 Å². The van der Waals surface area contributed by atoms with Crippen molar-refractivity contribution in [3.05, 3.63) is 0 Å². The van der Waals surface area contributed by atoms with Crippen LogP contribution in [0.1, 0.15) is 53.9 Å². The molecule has 0 aliphatic heterocycles. The SMILES string of the molecule is CCCC(C)(CN)CC(=O)OC(C)(C)C. The van der Waals surface area contributed by atoms with Crippen molar-refractivity contribution in [2.75, 3.05) is 6.54 Å². The summed E-state index contributed by atoms with van der Waals surface area (Å²) in [5.41, 5.74) is 5.18. The third kappa shape index (κ3) is 6.50. The summed E-state index contributed by atoms with van der Waals surface area (Å²) >= 11 is 0. The van der Waals surface area contributed by atoms with E-state index in [4.69, 9.17) is 10.5 Å². The van der Waals surface area contributed by atoms with Gasteiger partial charge in [0.25, 0.3) is 0 Å². The molecule has 2 N–H and O–H groups in total. The summed E-state index contributed by atoms with van der Waals surface area (Å²) < 4.78 is 5.29. The van der Waals surface area contributed by atoms with E-state index >= 15 is 0 Å². The predicted octanol–water partition coefficient (Wildman–Crippen LogP) is 2.48. The predicted molar refractivity (Wildman–Crippen MR) is 62.5 cm³/mol. The van der Waals surface area contributed by atoms with Crippen LogP contribution in [0.25, 0.3) is 0 Å². The number of ether oxygens (including phenoxy) is 1. The van der Waals surface area contributed by atoms with Crippen molar-refractivity contribution in [2.45, 2.75) is 59.5 Å². The molecule has 0 saturated carbocycles. The molecule has 15 heavy (non-hydrogen) atoms. The minimum atomic E-state index is -0.404. The zero-order valence-electron chi connectivity index (χ0n) is 10.7. The van der Waals surface area contributed by atoms with Crippen LogP contribution in [0.3, 0.4) is 0 Å². The van der Waals surface area contributed by atoms with Gasteiger partial charge in [-0.05, 0) is 39.2 Å². The average Bonchev–Trinajstić information content (AvgIpc) is 2.00. The molecule has 0 rings (SSSR count). The molecule has 0 fully saturated rings. The molecule has 3 heteroatoms. The summed E-state index contributed by atoms with van der Waals surface area (Å²) in [6.45, 7) is 10.3. The Hall–Kier alpha value is -0.570. The summed E-state index contributed by atoms with van der Waals surface area (Å²) in [5, 5.41) is 0. The molecule has 0 aliphatic carbocycles. The first-order valence-corrected chi connectivity index (χ1v) is 5.64. The molecule has 0 spiro atoms. The molecule has 1 atom stereocenters. The van der Waals surface area contributed by atoms with Crippen molar-refractivity contribution in [2.24, 2.45) is 11.1 Å². The smallest absolute Gasteiger partial charge is 0.306 e. The molecule has 0 saturated heterocycles. The number of carbonyl (C=O) groups excluding carboxylic acids is 1. The Morgan fingerprint density at radius 3 is 2.13 bits per heavy atom. The minimum absolute atomic E-state index is 0.114. The van der Waals surface area contributed by atoms with Gasteiger partial charge in [0.1, 0.15) is 5.60 Å². The van der Waals surface area contributed by atoms with E-state index in [-0.39, 0.29) is 11.4 Å². The number of nitrogens with two attached hydrogens (primary N) is 1. The van der Waals surface area contributed by atoms with Gasteiger partial charge in [-0.1, -0.05) is 20.3 Å². The normalized spacial score (nSPS) is 15.9. The first kappa shape index (κ1) is 14.4. The maximum atomic E-state index is 11.6. The van der Waals surface area contributed by atoms with Gasteiger partial charge in [-0.15, -0.1) is 0 Å². The number of carbonyl (C=O) groups is 1. The van der Waals surface area contributed by atoms with Crippen LogP contribution in [0.4, 0.5) is 0 Å². The van der Waals surface area contributed by atoms with Crippen molar-refractivity contribution in [3.63, 3.8) is 0 Å². The molecule has 0 aromatic carbocycles. The lowest BCUT2D eigenvalue weighted by Gasteiger charge is -2.28. The van der Waals surface area contributed by atoms with E-state index in [9.17, 15) is 4.79 Å². The highest BCUT2D eigenvalue weighted by molar-refractivity contribution is 5.70. The van der Waals surface area contributed by atoms with Gasteiger partial charge in [0.15, 0.2) is 0 Å². The van der Waals surface area contributed by atoms with Gasteiger partial charge in [0, 0.05) is 0 Å². The lowest BCUT2D eigenvalue weighted by molar-refractivity contribution is -0.157. The molecule has 3 nitrogen and oxygen atoms in total. The van der Waals surface area contributed by atoms with Crippen molar-refractivity contribution >= 4 is 5.97 Å². The molecule has 0 amide bonds. The average molecular weight is 215 g/mol. The second-order valence-corrected chi connectivity index (χ2v) is 5.53. The van der Waals surface area contributed by atoms with E-state index < -0.39 is 5.60 Å². The van der Waals surface area contributed by atoms with Gasteiger partial charge >= 0.3 is 5.97 Å². The summed E-state index contributed by atoms with van der Waals surface area (Å²) in [6.07, 6.45) is 2.41. The molecule has 0 heterocycles. The van der Waals surface area contributed by atoms with Gasteiger partial charge in [0.2, 0.25) is 0 Å². The summed E-state index contributed by atoms with van der Waals surface area (Å²) in [4.78, 5) is 11.6. The number of esters is 1. The second-order valence-electron chi connectivity index (χ2n) is 5.53. The van der Waals surface area contributed by atoms with Gasteiger partial charge in [-0.2, -0.15) is 0 Å². The summed E-state index contributed by atoms with van der Waals surface area (Å²) in [7, 11) is 0. The fraction of sp³-hybridized carbons (Fsp3) is 0.917. The van der Waals surface area contributed by atoms with E-state index in [2.05, 4.69) is 6.92 Å². The van der Waals surface area contributed by atoms with Crippen LogP contribution in [0.5, 0.6) is 0 Å². The van der Waals surface area contributed by atoms with Gasteiger partial charge in [0.05, 0.1) is 6.42 Å². The summed E-state index contributed by atoms with van der Waals surface area (Å²) in [5.74, 6) is -0.149. The number of rotatable bonds is 5. The Labute approximate surface area is 93.4 Å². The van der Waals surface area contributed by atoms with E-state index in [1.807, 2.05) is 27.7 Å². The first-order chi connectivity index (χ1) is 6.72. The first-order valence-electron chi connectivity index (χ1n) is 5.64. The van der Waals surface area contributed by atoms with E-state index in [1.54, 1.807) is 0 Å². The molecule has 90 valence electrons. The minimum Gasteiger partial charge on any atom is -0.460 e. The van der Waals surface area contributed by atoms with Crippen molar-refractivity contribution < 1.29 is 9.53 Å². The molecule has 0 aromatic rings. The Morgan fingerprint density at radius 1 is 1.27 bits per heavy atom. The third-order valence-electron chi connectivity index (χ3n) is 2.34. The second kappa shape index (κ2) is 5.50. The number of hydrogen-bond acceptors (Lipinski definition) is 3. The van der Waals surface area contributed by atoms with Gasteiger partial charge < -0.3 is 10.5 Å². The number of hydrogen-bond donors (Lipinski definition) is 1. The molecule has 0 bridgehead atoms. The maximum absolute atomic E-state index is 11.6. The Bertz CT molecular complexity index is 208. The van der Waals surface area contributed by atoms with Gasteiger partial charge in [-0.25, -0.2) is 0 Å². The highest BCUT2D eigenvalue weighted by Crippen LogP contribution is 2.27. The van der Waals surface area contributed by atoms with Crippen LogP contribution in [0, 0.1) is 5.41 Å². The highest BCUT2D eigenvalue weighted by Gasteiger charge is 2.28. The van der Waals surface area contributed by atoms with E-state index in [0.717, 1.165) is 12.8 Å². The van der Waals surface area contributed by atoms with Crippen LogP contribution in [0.15, 0.2) is 0 Å². The van der Waals surface area contributed by atoms with Crippen LogP contribution in [0.2, 0.25) is 0 Å². The zero-order chi connectivity index (χ0) is 12.1. The van der Waals surface area contributed by atoms with Crippen LogP contribution < -0.4 is 5.73 Å². The molecule has 1 unspecified atom stereocenters. The lowest BCUT2D eigenvalue weighted by atomic mass is 9.82.